The predicted octanol–water partition coefficient (Wildman–Crippen LogP) is 30.9. The third kappa shape index (κ3) is 17.5. The minimum absolute atomic E-state index is 0.0247. The van der Waals surface area contributed by atoms with Crippen LogP contribution in [0.3, 0.4) is 0 Å². The SMILES string of the molecule is CCCCCCC1(CCCCCC)c2ccc(-c3ccc(Br)s3)cc2-c2c1c1c(c3c2C(CCCCCC)(CCCCCC)c2ccc(-c4ccc(-c5ccc(C=N[C@H](C(=O)OC)C(C)C)s5)s4)cc2-3)C(CCCCCC)(CCCCCC)c2ccc(-c3ccc(-c4ccc(C=N[C@H](C(=O)OC)C(C)C)s4)s3)cc2-1. The molecule has 2 atom stereocenters. The summed E-state index contributed by atoms with van der Waals surface area (Å²) in [6.07, 6.45) is 40.0. The van der Waals surface area contributed by atoms with E-state index in [0.717, 1.165) is 48.3 Å². The van der Waals surface area contributed by atoms with Gasteiger partial charge in [-0.05, 0) is 229 Å². The lowest BCUT2D eigenvalue weighted by atomic mass is 9.63. The Balaban J connectivity index is 1.18. The van der Waals surface area contributed by atoms with Crippen molar-refractivity contribution in [2.75, 3.05) is 14.2 Å². The fourth-order valence-electron chi connectivity index (χ4n) is 18.8. The van der Waals surface area contributed by atoms with E-state index in [1.165, 1.54) is 240 Å². The number of methoxy groups -OCH3 is 2. The van der Waals surface area contributed by atoms with Gasteiger partial charge in [0.05, 0.1) is 18.0 Å². The normalized spacial score (nSPS) is 14.8. The predicted molar refractivity (Wildman–Crippen MR) is 478 cm³/mol. The van der Waals surface area contributed by atoms with Crippen molar-refractivity contribution in [3.63, 3.8) is 0 Å². The molecule has 0 spiro atoms. The maximum Gasteiger partial charge on any atom is 0.330 e. The van der Waals surface area contributed by atoms with E-state index >= 15 is 0 Å². The molecular formula is C97H121BrN2O4S5. The highest BCUT2D eigenvalue weighted by molar-refractivity contribution is 9.11. The standard InChI is InChI=1S/C97H121BrN2O4S5/c1-13-19-25-31-53-95(54-32-26-20-14-2)74-42-37-66(77-47-49-82(107-77)80-45-40-69(105-80)62-99-91(64(7)8)93(101)103-11)59-71(74)86-88(95)85-72-60-67(78-48-50-83(108-78)81-46-41-70(106-81)63-100-92(65(9)10)94(102)104-12)38-43-75(72)96(55-33-27-21-15-3,56-34-28-22-16-4)89(85)87-73-61-68(79-51-52-84(98)109-79)39-44-76(73)97(90(86)87,57-35-29-23-17-5)58-36-30-24-18-6/h37-52,59-65,91-92H,13-36,53-58H2,1-12H3/t91-,92-/m0/s1. The Bertz CT molecular complexity index is 4420. The molecule has 109 heavy (non-hydrogen) atoms. The van der Waals surface area contributed by atoms with Gasteiger partial charge >= 0.3 is 11.9 Å². The summed E-state index contributed by atoms with van der Waals surface area (Å²) in [6.45, 7) is 22.5. The van der Waals surface area contributed by atoms with Gasteiger partial charge in [-0.15, -0.1) is 56.7 Å². The Labute approximate surface area is 683 Å². The van der Waals surface area contributed by atoms with Crippen molar-refractivity contribution < 1.29 is 19.1 Å². The topological polar surface area (TPSA) is 77.3 Å². The highest BCUT2D eigenvalue weighted by Gasteiger charge is 2.58. The lowest BCUT2D eigenvalue weighted by Crippen LogP contribution is -2.31. The number of hydrogen-bond acceptors (Lipinski definition) is 11. The molecule has 0 aliphatic heterocycles. The monoisotopic (exact) mass is 1620 g/mol. The minimum atomic E-state index is -0.545. The summed E-state index contributed by atoms with van der Waals surface area (Å²) in [5.41, 5.74) is 22.5. The Morgan fingerprint density at radius 3 is 0.908 bits per heavy atom. The number of unbranched alkanes of at least 4 members (excludes halogenated alkanes) is 18. The number of carbonyl (C=O) groups excluding carboxylic acids is 2. The van der Waals surface area contributed by atoms with Crippen molar-refractivity contribution in [3.8, 4) is 84.2 Å². The van der Waals surface area contributed by atoms with Crippen molar-refractivity contribution in [3.05, 3.63) is 162 Å². The van der Waals surface area contributed by atoms with Gasteiger partial charge in [-0.25, -0.2) is 9.59 Å². The molecule has 0 bridgehead atoms. The van der Waals surface area contributed by atoms with Crippen LogP contribution in [0.25, 0.3) is 84.2 Å². The van der Waals surface area contributed by atoms with E-state index in [-0.39, 0.29) is 40.0 Å². The summed E-state index contributed by atoms with van der Waals surface area (Å²) < 4.78 is 11.5. The zero-order valence-corrected chi connectivity index (χ0v) is 73.3. The number of halogens is 1. The first-order chi connectivity index (χ1) is 53.1. The van der Waals surface area contributed by atoms with E-state index in [1.807, 2.05) is 74.1 Å². The molecule has 6 nitrogen and oxygen atoms in total. The zero-order chi connectivity index (χ0) is 76.8. The first kappa shape index (κ1) is 82.6. The number of aliphatic imine (C=N–C) groups is 2. The molecule has 0 amide bonds. The van der Waals surface area contributed by atoms with Gasteiger partial charge < -0.3 is 9.47 Å². The van der Waals surface area contributed by atoms with E-state index in [1.54, 1.807) is 72.7 Å². The van der Waals surface area contributed by atoms with Crippen LogP contribution in [-0.4, -0.2) is 50.7 Å². The van der Waals surface area contributed by atoms with Crippen LogP contribution in [0.15, 0.2) is 129 Å². The third-order valence-electron chi connectivity index (χ3n) is 24.3. The summed E-state index contributed by atoms with van der Waals surface area (Å²) in [5.74, 6) is -0.547. The van der Waals surface area contributed by atoms with Crippen molar-refractivity contribution in [2.45, 2.75) is 290 Å². The summed E-state index contributed by atoms with van der Waals surface area (Å²) in [5, 5.41) is 0. The molecule has 5 aromatic heterocycles. The fraction of sp³-hybridized carbons (Fsp3) is 0.505. The lowest BCUT2D eigenvalue weighted by Gasteiger charge is -2.39. The van der Waals surface area contributed by atoms with Gasteiger partial charge in [-0.2, -0.15) is 0 Å². The average molecular weight is 1620 g/mol. The highest BCUT2D eigenvalue weighted by Crippen LogP contribution is 2.72. The van der Waals surface area contributed by atoms with Crippen LogP contribution < -0.4 is 0 Å². The van der Waals surface area contributed by atoms with Crippen LogP contribution in [0.4, 0.5) is 0 Å². The molecule has 580 valence electrons. The number of nitrogens with zero attached hydrogens (tertiary/aromatic N) is 2. The van der Waals surface area contributed by atoms with Crippen LogP contribution in [0.5, 0.6) is 0 Å². The number of hydrogen-bond donors (Lipinski definition) is 0. The summed E-state index contributed by atoms with van der Waals surface area (Å²) in [6, 6.07) is 45.9. The number of carbonyl (C=O) groups is 2. The van der Waals surface area contributed by atoms with E-state index in [2.05, 4.69) is 173 Å². The maximum atomic E-state index is 12.8. The first-order valence-corrected chi connectivity index (χ1v) is 47.0. The molecule has 3 aliphatic rings. The van der Waals surface area contributed by atoms with Crippen molar-refractivity contribution >= 4 is 97.0 Å². The number of rotatable bonds is 43. The Morgan fingerprint density at radius 1 is 0.358 bits per heavy atom. The molecule has 0 N–H and O–H groups in total. The van der Waals surface area contributed by atoms with Gasteiger partial charge in [0.15, 0.2) is 0 Å². The number of ether oxygens (including phenoxy) is 2. The first-order valence-electron chi connectivity index (χ1n) is 42.2. The molecular weight excluding hydrogens is 1500 g/mol. The Kier molecular flexibility index (Phi) is 29.0. The summed E-state index contributed by atoms with van der Waals surface area (Å²) in [7, 11) is 2.91. The second-order valence-electron chi connectivity index (χ2n) is 32.5. The van der Waals surface area contributed by atoms with E-state index in [0.29, 0.717) is 0 Å². The van der Waals surface area contributed by atoms with Crippen LogP contribution in [0.1, 0.15) is 305 Å². The number of benzene rings is 4. The van der Waals surface area contributed by atoms with Gasteiger partial charge in [0.2, 0.25) is 0 Å². The number of thiophene rings is 5. The maximum absolute atomic E-state index is 12.8. The molecule has 12 rings (SSSR count). The largest absolute Gasteiger partial charge is 0.467 e. The van der Waals surface area contributed by atoms with Crippen LogP contribution in [0.2, 0.25) is 0 Å². The van der Waals surface area contributed by atoms with Gasteiger partial charge in [0, 0.05) is 72.6 Å². The smallest absolute Gasteiger partial charge is 0.330 e. The number of esters is 2. The second-order valence-corrected chi connectivity index (χ2v) is 39.3. The minimum Gasteiger partial charge on any atom is -0.467 e. The molecule has 3 aliphatic carbocycles. The number of fused-ring (bicyclic) bond motifs is 12. The Hall–Kier alpha value is -5.86. The average Bonchev–Trinajstić information content (AvgIpc) is 1.48. The molecule has 12 heteroatoms. The molecule has 0 saturated carbocycles. The molecule has 4 aromatic carbocycles. The Morgan fingerprint density at radius 2 is 0.633 bits per heavy atom. The highest BCUT2D eigenvalue weighted by atomic mass is 79.9. The van der Waals surface area contributed by atoms with E-state index in [9.17, 15) is 9.59 Å². The van der Waals surface area contributed by atoms with E-state index in [4.69, 9.17) is 19.5 Å². The quantitative estimate of drug-likeness (QED) is 0.0217. The molecule has 5 heterocycles. The van der Waals surface area contributed by atoms with Gasteiger partial charge in [0.25, 0.3) is 0 Å². The van der Waals surface area contributed by atoms with Crippen LogP contribution >= 0.6 is 72.6 Å². The van der Waals surface area contributed by atoms with Crippen LogP contribution in [0, 0.1) is 11.8 Å². The molecule has 0 fully saturated rings. The second kappa shape index (κ2) is 38.3. The third-order valence-corrected chi connectivity index (χ3v) is 30.7. The summed E-state index contributed by atoms with van der Waals surface area (Å²) in [4.78, 5) is 46.1. The van der Waals surface area contributed by atoms with Gasteiger partial charge in [-0.1, -0.05) is 260 Å². The lowest BCUT2D eigenvalue weighted by molar-refractivity contribution is -0.143. The van der Waals surface area contributed by atoms with Crippen molar-refractivity contribution in [1.29, 1.82) is 0 Å². The van der Waals surface area contributed by atoms with E-state index < -0.39 is 12.1 Å². The zero-order valence-electron chi connectivity index (χ0n) is 67.6. The molecule has 0 radical (unpaired) electrons. The molecule has 0 unspecified atom stereocenters. The fourth-order valence-corrected chi connectivity index (χ4v) is 24.2. The van der Waals surface area contributed by atoms with Crippen molar-refractivity contribution in [2.24, 2.45) is 21.8 Å². The van der Waals surface area contributed by atoms with Crippen molar-refractivity contribution in [1.82, 2.24) is 0 Å². The summed E-state index contributed by atoms with van der Waals surface area (Å²) >= 11 is 13.2. The molecule has 0 saturated heterocycles. The van der Waals surface area contributed by atoms with Crippen LogP contribution in [-0.2, 0) is 35.3 Å². The molecule has 9 aromatic rings. The van der Waals surface area contributed by atoms with Gasteiger partial charge in [0.1, 0.15) is 12.1 Å². The van der Waals surface area contributed by atoms with Gasteiger partial charge in [-0.3, -0.25) is 9.98 Å².